The molecule has 2 aliphatic rings. The van der Waals surface area contributed by atoms with E-state index in [0.29, 0.717) is 5.37 Å². The Morgan fingerprint density at radius 2 is 2.38 bits per heavy atom. The second-order valence-electron chi connectivity index (χ2n) is 3.55. The van der Waals surface area contributed by atoms with E-state index in [0.717, 1.165) is 17.0 Å². The summed E-state index contributed by atoms with van der Waals surface area (Å²) in [7, 11) is 0. The summed E-state index contributed by atoms with van der Waals surface area (Å²) >= 11 is 1.75. The Morgan fingerprint density at radius 3 is 3.00 bits per heavy atom. The zero-order valence-corrected chi connectivity index (χ0v) is 8.60. The molecule has 0 aromatic heterocycles. The van der Waals surface area contributed by atoms with Crippen molar-refractivity contribution in [3.63, 3.8) is 0 Å². The van der Waals surface area contributed by atoms with Crippen LogP contribution in [-0.2, 0) is 4.79 Å². The van der Waals surface area contributed by atoms with Gasteiger partial charge in [-0.2, -0.15) is 0 Å². The van der Waals surface area contributed by atoms with Crippen molar-refractivity contribution in [1.82, 2.24) is 4.90 Å². The lowest BCUT2D eigenvalue weighted by Crippen LogP contribution is -2.58. The Balaban J connectivity index is 2.26. The monoisotopic (exact) mass is 199 g/mol. The van der Waals surface area contributed by atoms with Crippen molar-refractivity contribution in [2.45, 2.75) is 19.2 Å². The molecule has 2 heterocycles. The van der Waals surface area contributed by atoms with Crippen molar-refractivity contribution >= 4 is 17.7 Å². The van der Waals surface area contributed by atoms with Crippen LogP contribution >= 0.6 is 11.8 Å². The van der Waals surface area contributed by atoms with Gasteiger partial charge in [0.15, 0.2) is 0 Å². The minimum absolute atomic E-state index is 0.0731. The smallest absolute Gasteiger partial charge is 0.233 e. The average molecular weight is 199 g/mol. The fourth-order valence-electron chi connectivity index (χ4n) is 1.80. The SMILES string of the molecule is CC1=C(CO)CSC2C(C)C(=O)N12. The van der Waals surface area contributed by atoms with E-state index < -0.39 is 0 Å². The van der Waals surface area contributed by atoms with E-state index in [1.165, 1.54) is 0 Å². The van der Waals surface area contributed by atoms with Gasteiger partial charge in [0.1, 0.15) is 0 Å². The molecule has 2 rings (SSSR count). The fraction of sp³-hybridized carbons (Fsp3) is 0.667. The Labute approximate surface area is 81.8 Å². The van der Waals surface area contributed by atoms with Gasteiger partial charge < -0.3 is 10.0 Å². The summed E-state index contributed by atoms with van der Waals surface area (Å²) in [6, 6.07) is 0. The molecule has 1 fully saturated rings. The number of hydrogen-bond donors (Lipinski definition) is 1. The van der Waals surface area contributed by atoms with E-state index in [2.05, 4.69) is 0 Å². The number of rotatable bonds is 1. The quantitative estimate of drug-likeness (QED) is 0.635. The van der Waals surface area contributed by atoms with Crippen LogP contribution in [0, 0.1) is 5.92 Å². The van der Waals surface area contributed by atoms with Gasteiger partial charge in [-0.15, -0.1) is 11.8 Å². The maximum atomic E-state index is 11.5. The van der Waals surface area contributed by atoms with E-state index in [9.17, 15) is 4.79 Å². The molecule has 0 saturated carbocycles. The van der Waals surface area contributed by atoms with Crippen LogP contribution in [0.15, 0.2) is 11.3 Å². The molecule has 2 aliphatic heterocycles. The zero-order chi connectivity index (χ0) is 9.59. The Bertz CT molecular complexity index is 287. The number of fused-ring (bicyclic) bond motifs is 1. The molecule has 13 heavy (non-hydrogen) atoms. The van der Waals surface area contributed by atoms with Gasteiger partial charge in [0.25, 0.3) is 0 Å². The molecule has 0 spiro atoms. The molecule has 2 atom stereocenters. The van der Waals surface area contributed by atoms with Crippen LogP contribution in [0.3, 0.4) is 0 Å². The highest BCUT2D eigenvalue weighted by Crippen LogP contribution is 2.42. The van der Waals surface area contributed by atoms with Gasteiger partial charge in [-0.1, -0.05) is 6.92 Å². The zero-order valence-electron chi connectivity index (χ0n) is 7.78. The molecule has 72 valence electrons. The lowest BCUT2D eigenvalue weighted by atomic mass is 9.98. The number of nitrogens with zero attached hydrogens (tertiary/aromatic N) is 1. The minimum atomic E-state index is 0.0731. The number of thioether (sulfide) groups is 1. The summed E-state index contributed by atoms with van der Waals surface area (Å²) in [4.78, 5) is 13.3. The van der Waals surface area contributed by atoms with Crippen molar-refractivity contribution < 1.29 is 9.90 Å². The molecular formula is C9H13NO2S. The molecule has 0 aromatic rings. The number of allylic oxidation sites excluding steroid dienone is 1. The predicted octanol–water partition coefficient (Wildman–Crippen LogP) is 0.804. The first-order valence-corrected chi connectivity index (χ1v) is 5.46. The number of carbonyl (C=O) groups is 1. The summed E-state index contributed by atoms with van der Waals surface area (Å²) in [6.45, 7) is 3.96. The highest BCUT2D eigenvalue weighted by atomic mass is 32.2. The van der Waals surface area contributed by atoms with Gasteiger partial charge in [-0.3, -0.25) is 4.79 Å². The number of carbonyl (C=O) groups excluding carboxylic acids is 1. The Kier molecular flexibility index (Phi) is 2.12. The van der Waals surface area contributed by atoms with Gasteiger partial charge in [0.05, 0.1) is 17.9 Å². The predicted molar refractivity (Wildman–Crippen MR) is 52.0 cm³/mol. The Morgan fingerprint density at radius 1 is 1.69 bits per heavy atom. The molecule has 0 aromatic carbocycles. The maximum Gasteiger partial charge on any atom is 0.233 e. The molecule has 1 N–H and O–H groups in total. The van der Waals surface area contributed by atoms with E-state index in [-0.39, 0.29) is 18.4 Å². The summed E-state index contributed by atoms with van der Waals surface area (Å²) in [5.74, 6) is 1.21. The van der Waals surface area contributed by atoms with Crippen molar-refractivity contribution in [2.24, 2.45) is 5.92 Å². The minimum Gasteiger partial charge on any atom is -0.392 e. The molecule has 3 nitrogen and oxygen atoms in total. The van der Waals surface area contributed by atoms with Crippen LogP contribution in [0.5, 0.6) is 0 Å². The maximum absolute atomic E-state index is 11.5. The lowest BCUT2D eigenvalue weighted by Gasteiger charge is -2.49. The van der Waals surface area contributed by atoms with Crippen LogP contribution < -0.4 is 0 Å². The van der Waals surface area contributed by atoms with Crippen molar-refractivity contribution in [1.29, 1.82) is 0 Å². The summed E-state index contributed by atoms with van der Waals surface area (Å²) in [5.41, 5.74) is 1.95. The van der Waals surface area contributed by atoms with Crippen LogP contribution in [0.4, 0.5) is 0 Å². The fourth-order valence-corrected chi connectivity index (χ4v) is 3.29. The van der Waals surface area contributed by atoms with Gasteiger partial charge in [-0.25, -0.2) is 0 Å². The molecule has 1 saturated heterocycles. The molecule has 4 heteroatoms. The summed E-state index contributed by atoms with van der Waals surface area (Å²) < 4.78 is 0. The summed E-state index contributed by atoms with van der Waals surface area (Å²) in [5, 5.41) is 9.35. The van der Waals surface area contributed by atoms with Crippen LogP contribution in [0.25, 0.3) is 0 Å². The van der Waals surface area contributed by atoms with Gasteiger partial charge >= 0.3 is 0 Å². The van der Waals surface area contributed by atoms with Crippen molar-refractivity contribution in [2.75, 3.05) is 12.4 Å². The van der Waals surface area contributed by atoms with E-state index >= 15 is 0 Å². The van der Waals surface area contributed by atoms with Crippen molar-refractivity contribution in [3.05, 3.63) is 11.3 Å². The largest absolute Gasteiger partial charge is 0.392 e. The number of aliphatic hydroxyl groups excluding tert-OH is 1. The number of amides is 1. The molecule has 0 radical (unpaired) electrons. The Hall–Kier alpha value is -0.480. The van der Waals surface area contributed by atoms with E-state index in [1.54, 1.807) is 11.8 Å². The number of aliphatic hydroxyl groups is 1. The van der Waals surface area contributed by atoms with Gasteiger partial charge in [-0.05, 0) is 12.5 Å². The van der Waals surface area contributed by atoms with Gasteiger partial charge in [0, 0.05) is 11.4 Å². The summed E-state index contributed by atoms with van der Waals surface area (Å²) in [6.07, 6.45) is 0. The van der Waals surface area contributed by atoms with Crippen molar-refractivity contribution in [3.8, 4) is 0 Å². The molecule has 0 bridgehead atoms. The van der Waals surface area contributed by atoms with Gasteiger partial charge in [0.2, 0.25) is 5.91 Å². The molecule has 0 aliphatic carbocycles. The lowest BCUT2D eigenvalue weighted by molar-refractivity contribution is -0.145. The first kappa shape index (κ1) is 9.09. The number of hydrogen-bond acceptors (Lipinski definition) is 3. The normalized spacial score (nSPS) is 33.2. The van der Waals surface area contributed by atoms with Crippen LogP contribution in [0.2, 0.25) is 0 Å². The number of β-lactam (4-membered cyclic amide) rings is 1. The van der Waals surface area contributed by atoms with E-state index in [1.807, 2.05) is 18.7 Å². The second kappa shape index (κ2) is 3.03. The van der Waals surface area contributed by atoms with E-state index in [4.69, 9.17) is 5.11 Å². The third-order valence-electron chi connectivity index (χ3n) is 2.80. The van der Waals surface area contributed by atoms with Crippen LogP contribution in [-0.4, -0.2) is 33.6 Å². The first-order chi connectivity index (χ1) is 6.16. The average Bonchev–Trinajstić information content (AvgIpc) is 2.16. The third-order valence-corrected chi connectivity index (χ3v) is 4.28. The third kappa shape index (κ3) is 1.12. The van der Waals surface area contributed by atoms with Crippen LogP contribution in [0.1, 0.15) is 13.8 Å². The second-order valence-corrected chi connectivity index (χ2v) is 4.65. The molecule has 2 unspecified atom stereocenters. The standard InChI is InChI=1S/C9H13NO2S/c1-5-8(12)10-6(2)7(3-11)4-13-9(5)10/h5,9,11H,3-4H2,1-2H3. The topological polar surface area (TPSA) is 40.5 Å². The molecule has 1 amide bonds. The molecular weight excluding hydrogens is 186 g/mol. The first-order valence-electron chi connectivity index (χ1n) is 4.41. The highest BCUT2D eigenvalue weighted by molar-refractivity contribution is 8.00. The highest BCUT2D eigenvalue weighted by Gasteiger charge is 2.47.